The molecule has 1 aliphatic heterocycles. The van der Waals surface area contributed by atoms with E-state index >= 15 is 0 Å². The Bertz CT molecular complexity index is 745. The molecule has 1 atom stereocenters. The second-order valence-corrected chi connectivity index (χ2v) is 7.67. The van der Waals surface area contributed by atoms with Crippen LogP contribution in [0, 0.1) is 0 Å². The van der Waals surface area contributed by atoms with Gasteiger partial charge in [0.05, 0.1) is 30.4 Å². The lowest BCUT2D eigenvalue weighted by Gasteiger charge is -2.08. The van der Waals surface area contributed by atoms with Crippen molar-refractivity contribution in [3.8, 4) is 17.2 Å². The molecule has 0 N–H and O–H groups in total. The van der Waals surface area contributed by atoms with Gasteiger partial charge in [0, 0.05) is 12.2 Å². The SMILES string of the molecule is COc1ccc(-c2nc(CS(=O)(=O)C[C@@H]3CCCO3)co2)cc1. The van der Waals surface area contributed by atoms with E-state index in [9.17, 15) is 8.42 Å². The quantitative estimate of drug-likeness (QED) is 0.805. The molecule has 7 heteroatoms. The lowest BCUT2D eigenvalue weighted by atomic mass is 10.2. The van der Waals surface area contributed by atoms with Gasteiger partial charge in [0.2, 0.25) is 5.89 Å². The molecule has 2 heterocycles. The molecule has 1 aliphatic rings. The molecule has 0 spiro atoms. The zero-order valence-electron chi connectivity index (χ0n) is 12.9. The van der Waals surface area contributed by atoms with E-state index in [0.29, 0.717) is 18.2 Å². The van der Waals surface area contributed by atoms with Crippen LogP contribution in [0.25, 0.3) is 11.5 Å². The molecule has 1 aromatic carbocycles. The Labute approximate surface area is 135 Å². The van der Waals surface area contributed by atoms with Gasteiger partial charge in [-0.15, -0.1) is 0 Å². The Hall–Kier alpha value is -1.86. The number of nitrogens with zero attached hydrogens (tertiary/aromatic N) is 1. The maximum Gasteiger partial charge on any atom is 0.226 e. The fourth-order valence-electron chi connectivity index (χ4n) is 2.58. The van der Waals surface area contributed by atoms with E-state index in [0.717, 1.165) is 24.2 Å². The molecule has 1 fully saturated rings. The summed E-state index contributed by atoms with van der Waals surface area (Å²) >= 11 is 0. The molecular weight excluding hydrogens is 318 g/mol. The molecule has 2 aromatic rings. The van der Waals surface area contributed by atoms with Crippen LogP contribution in [-0.2, 0) is 20.3 Å². The molecule has 1 aromatic heterocycles. The minimum absolute atomic E-state index is 0.0394. The van der Waals surface area contributed by atoms with Crippen LogP contribution in [0.4, 0.5) is 0 Å². The molecule has 0 aliphatic carbocycles. The maximum atomic E-state index is 12.2. The third-order valence-electron chi connectivity index (χ3n) is 3.72. The zero-order valence-corrected chi connectivity index (χ0v) is 13.7. The molecule has 6 nitrogen and oxygen atoms in total. The normalized spacial score (nSPS) is 18.2. The van der Waals surface area contributed by atoms with Crippen LogP contribution in [-0.4, -0.2) is 39.0 Å². The average molecular weight is 337 g/mol. The topological polar surface area (TPSA) is 78.6 Å². The van der Waals surface area contributed by atoms with Gasteiger partial charge in [0.1, 0.15) is 12.0 Å². The lowest BCUT2D eigenvalue weighted by molar-refractivity contribution is 0.127. The van der Waals surface area contributed by atoms with E-state index in [1.807, 2.05) is 12.1 Å². The second kappa shape index (κ2) is 6.72. The van der Waals surface area contributed by atoms with Crippen molar-refractivity contribution in [1.29, 1.82) is 0 Å². The van der Waals surface area contributed by atoms with Gasteiger partial charge in [-0.2, -0.15) is 0 Å². The third-order valence-corrected chi connectivity index (χ3v) is 5.34. The van der Waals surface area contributed by atoms with Gasteiger partial charge in [-0.1, -0.05) is 0 Å². The molecule has 23 heavy (non-hydrogen) atoms. The first kappa shape index (κ1) is 16.0. The number of hydrogen-bond acceptors (Lipinski definition) is 6. The zero-order chi connectivity index (χ0) is 16.3. The summed E-state index contributed by atoms with van der Waals surface area (Å²) < 4.78 is 40.3. The van der Waals surface area contributed by atoms with Crippen molar-refractivity contribution in [2.75, 3.05) is 19.5 Å². The van der Waals surface area contributed by atoms with Gasteiger partial charge in [0.25, 0.3) is 0 Å². The van der Waals surface area contributed by atoms with Gasteiger partial charge in [-0.3, -0.25) is 0 Å². The molecular formula is C16H19NO5S. The van der Waals surface area contributed by atoms with E-state index in [-0.39, 0.29) is 17.6 Å². The number of ether oxygens (including phenoxy) is 2. The molecule has 0 saturated carbocycles. The Kier molecular flexibility index (Phi) is 4.68. The molecule has 0 unspecified atom stereocenters. The van der Waals surface area contributed by atoms with E-state index in [1.54, 1.807) is 19.2 Å². The fourth-order valence-corrected chi connectivity index (χ4v) is 4.11. The van der Waals surface area contributed by atoms with Gasteiger partial charge < -0.3 is 13.9 Å². The van der Waals surface area contributed by atoms with Crippen LogP contribution in [0.1, 0.15) is 18.5 Å². The summed E-state index contributed by atoms with van der Waals surface area (Å²) in [4.78, 5) is 4.27. The number of oxazole rings is 1. The molecule has 1 saturated heterocycles. The van der Waals surface area contributed by atoms with Crippen molar-refractivity contribution in [2.45, 2.75) is 24.7 Å². The van der Waals surface area contributed by atoms with Gasteiger partial charge in [-0.05, 0) is 37.1 Å². The monoisotopic (exact) mass is 337 g/mol. The Balaban J connectivity index is 1.68. The Morgan fingerprint density at radius 2 is 2.09 bits per heavy atom. The Morgan fingerprint density at radius 3 is 2.74 bits per heavy atom. The molecule has 0 amide bonds. The third kappa shape index (κ3) is 4.11. The largest absolute Gasteiger partial charge is 0.497 e. The van der Waals surface area contributed by atoms with Crippen LogP contribution in [0.5, 0.6) is 5.75 Å². The number of benzene rings is 1. The minimum Gasteiger partial charge on any atom is -0.497 e. The summed E-state index contributed by atoms with van der Waals surface area (Å²) in [5.74, 6) is 1.04. The van der Waals surface area contributed by atoms with Crippen molar-refractivity contribution in [2.24, 2.45) is 0 Å². The molecule has 124 valence electrons. The number of aromatic nitrogens is 1. The van der Waals surface area contributed by atoms with Crippen molar-refractivity contribution in [3.05, 3.63) is 36.2 Å². The summed E-state index contributed by atoms with van der Waals surface area (Å²) in [5.41, 5.74) is 1.18. The fraction of sp³-hybridized carbons (Fsp3) is 0.438. The number of hydrogen-bond donors (Lipinski definition) is 0. The summed E-state index contributed by atoms with van der Waals surface area (Å²) in [6.45, 7) is 0.645. The highest BCUT2D eigenvalue weighted by atomic mass is 32.2. The summed E-state index contributed by atoms with van der Waals surface area (Å²) in [7, 11) is -1.67. The van der Waals surface area contributed by atoms with Crippen molar-refractivity contribution < 1.29 is 22.3 Å². The second-order valence-electron chi connectivity index (χ2n) is 5.56. The number of methoxy groups -OCH3 is 1. The van der Waals surface area contributed by atoms with E-state index in [1.165, 1.54) is 6.26 Å². The van der Waals surface area contributed by atoms with Crippen molar-refractivity contribution in [1.82, 2.24) is 4.98 Å². The highest BCUT2D eigenvalue weighted by Crippen LogP contribution is 2.23. The van der Waals surface area contributed by atoms with Crippen LogP contribution in [0.3, 0.4) is 0 Å². The van der Waals surface area contributed by atoms with E-state index < -0.39 is 9.84 Å². The highest BCUT2D eigenvalue weighted by molar-refractivity contribution is 7.90. The van der Waals surface area contributed by atoms with Gasteiger partial charge in [0.15, 0.2) is 9.84 Å². The number of rotatable bonds is 6. The first-order chi connectivity index (χ1) is 11.1. The average Bonchev–Trinajstić information content (AvgIpc) is 3.18. The van der Waals surface area contributed by atoms with Crippen LogP contribution >= 0.6 is 0 Å². The Morgan fingerprint density at radius 1 is 1.30 bits per heavy atom. The number of sulfone groups is 1. The van der Waals surface area contributed by atoms with Gasteiger partial charge >= 0.3 is 0 Å². The highest BCUT2D eigenvalue weighted by Gasteiger charge is 2.24. The van der Waals surface area contributed by atoms with Gasteiger partial charge in [-0.25, -0.2) is 13.4 Å². The smallest absolute Gasteiger partial charge is 0.226 e. The lowest BCUT2D eigenvalue weighted by Crippen LogP contribution is -2.21. The predicted molar refractivity (Wildman–Crippen MR) is 85.0 cm³/mol. The maximum absolute atomic E-state index is 12.2. The molecule has 0 radical (unpaired) electrons. The van der Waals surface area contributed by atoms with Crippen LogP contribution < -0.4 is 4.74 Å². The van der Waals surface area contributed by atoms with Crippen LogP contribution in [0.15, 0.2) is 34.9 Å². The minimum atomic E-state index is -3.27. The van der Waals surface area contributed by atoms with Crippen LogP contribution in [0.2, 0.25) is 0 Å². The predicted octanol–water partition coefficient (Wildman–Crippen LogP) is 2.44. The molecule has 3 rings (SSSR count). The first-order valence-electron chi connectivity index (χ1n) is 7.46. The van der Waals surface area contributed by atoms with E-state index in [2.05, 4.69) is 4.98 Å². The molecule has 0 bridgehead atoms. The summed E-state index contributed by atoms with van der Waals surface area (Å²) in [6.07, 6.45) is 2.93. The summed E-state index contributed by atoms with van der Waals surface area (Å²) in [5, 5.41) is 0. The van der Waals surface area contributed by atoms with Crippen molar-refractivity contribution >= 4 is 9.84 Å². The van der Waals surface area contributed by atoms with Crippen molar-refractivity contribution in [3.63, 3.8) is 0 Å². The van der Waals surface area contributed by atoms with E-state index in [4.69, 9.17) is 13.9 Å². The standard InChI is InChI=1S/C16H19NO5S/c1-20-14-6-4-12(5-7-14)16-17-13(9-22-16)10-23(18,19)11-15-3-2-8-21-15/h4-7,9,15H,2-3,8,10-11H2,1H3/t15-/m0/s1. The first-order valence-corrected chi connectivity index (χ1v) is 9.29. The summed E-state index contributed by atoms with van der Waals surface area (Å²) in [6, 6.07) is 7.23.